The maximum Gasteiger partial charge on any atom is 0.184 e. The van der Waals surface area contributed by atoms with Gasteiger partial charge in [-0.25, -0.2) is 0 Å². The zero-order valence-electron chi connectivity index (χ0n) is 10.2. The molecule has 84 valence electrons. The molecule has 0 heterocycles. The van der Waals surface area contributed by atoms with E-state index >= 15 is 0 Å². The molecular formula is C14H18OSi. The van der Waals surface area contributed by atoms with Crippen molar-refractivity contribution in [2.45, 2.75) is 26.2 Å². The molecule has 0 radical (unpaired) electrons. The van der Waals surface area contributed by atoms with Gasteiger partial charge in [-0.05, 0) is 36.0 Å². The Morgan fingerprint density at radius 1 is 0.938 bits per heavy atom. The topological polar surface area (TPSA) is 9.23 Å². The summed E-state index contributed by atoms with van der Waals surface area (Å²) in [4.78, 5) is 0. The number of fused-ring (bicyclic) bond motifs is 1. The van der Waals surface area contributed by atoms with Crippen LogP contribution in [0.2, 0.25) is 19.6 Å². The Morgan fingerprint density at radius 3 is 2.38 bits per heavy atom. The maximum absolute atomic E-state index is 5.96. The molecule has 0 aromatic heterocycles. The van der Waals surface area contributed by atoms with Crippen molar-refractivity contribution in [1.29, 1.82) is 0 Å². The molecule has 2 rings (SSSR count). The van der Waals surface area contributed by atoms with Gasteiger partial charge in [0.15, 0.2) is 8.32 Å². The zero-order chi connectivity index (χ0) is 11.6. The minimum atomic E-state index is -1.43. The van der Waals surface area contributed by atoms with Gasteiger partial charge in [-0.3, -0.25) is 0 Å². The quantitative estimate of drug-likeness (QED) is 0.718. The van der Waals surface area contributed by atoms with E-state index in [1.165, 1.54) is 16.3 Å². The van der Waals surface area contributed by atoms with Gasteiger partial charge in [0.25, 0.3) is 0 Å². The van der Waals surface area contributed by atoms with E-state index in [0.29, 0.717) is 0 Å². The molecule has 0 aliphatic rings. The van der Waals surface area contributed by atoms with Crippen molar-refractivity contribution in [1.82, 2.24) is 0 Å². The molecule has 0 aliphatic carbocycles. The minimum absolute atomic E-state index is 0.733. The van der Waals surface area contributed by atoms with Gasteiger partial charge < -0.3 is 4.43 Å². The molecule has 0 N–H and O–H groups in total. The SMILES string of the molecule is C[Si](C)(C)OCc1cccc2ccccc12. The highest BCUT2D eigenvalue weighted by molar-refractivity contribution is 6.69. The summed E-state index contributed by atoms with van der Waals surface area (Å²) in [6.45, 7) is 7.39. The fourth-order valence-corrected chi connectivity index (χ4v) is 2.30. The average Bonchev–Trinajstić information content (AvgIpc) is 2.25. The second kappa shape index (κ2) is 4.40. The van der Waals surface area contributed by atoms with E-state index in [2.05, 4.69) is 62.1 Å². The largest absolute Gasteiger partial charge is 0.413 e. The summed E-state index contributed by atoms with van der Waals surface area (Å²) in [5.74, 6) is 0. The second-order valence-corrected chi connectivity index (χ2v) is 9.55. The Kier molecular flexibility index (Phi) is 3.12. The van der Waals surface area contributed by atoms with Crippen LogP contribution in [0.4, 0.5) is 0 Å². The molecule has 0 amide bonds. The molecular weight excluding hydrogens is 212 g/mol. The molecule has 0 atom stereocenters. The third kappa shape index (κ3) is 2.71. The normalized spacial score (nSPS) is 11.9. The first-order valence-corrected chi connectivity index (χ1v) is 9.08. The van der Waals surface area contributed by atoms with Crippen LogP contribution < -0.4 is 0 Å². The fraction of sp³-hybridized carbons (Fsp3) is 0.286. The van der Waals surface area contributed by atoms with Gasteiger partial charge in [0.05, 0.1) is 6.61 Å². The Morgan fingerprint density at radius 2 is 1.62 bits per heavy atom. The lowest BCUT2D eigenvalue weighted by Gasteiger charge is -2.18. The molecule has 0 saturated carbocycles. The lowest BCUT2D eigenvalue weighted by molar-refractivity contribution is 0.301. The van der Waals surface area contributed by atoms with Crippen LogP contribution in [0.3, 0.4) is 0 Å². The summed E-state index contributed by atoms with van der Waals surface area (Å²) in [6, 6.07) is 14.9. The van der Waals surface area contributed by atoms with Crippen molar-refractivity contribution in [3.63, 3.8) is 0 Å². The van der Waals surface area contributed by atoms with Crippen molar-refractivity contribution in [3.05, 3.63) is 48.0 Å². The summed E-state index contributed by atoms with van der Waals surface area (Å²) in [7, 11) is -1.43. The highest BCUT2D eigenvalue weighted by atomic mass is 28.4. The predicted octanol–water partition coefficient (Wildman–Crippen LogP) is 4.19. The molecule has 0 aliphatic heterocycles. The van der Waals surface area contributed by atoms with Crippen LogP contribution >= 0.6 is 0 Å². The molecule has 0 saturated heterocycles. The first kappa shape index (κ1) is 11.4. The smallest absolute Gasteiger partial charge is 0.184 e. The average molecular weight is 230 g/mol. The lowest BCUT2D eigenvalue weighted by atomic mass is 10.1. The Labute approximate surface area is 98.2 Å². The van der Waals surface area contributed by atoms with Crippen LogP contribution in [-0.4, -0.2) is 8.32 Å². The van der Waals surface area contributed by atoms with E-state index in [1.807, 2.05) is 0 Å². The molecule has 0 fully saturated rings. The Balaban J connectivity index is 2.30. The molecule has 16 heavy (non-hydrogen) atoms. The molecule has 2 aromatic rings. The lowest BCUT2D eigenvalue weighted by Crippen LogP contribution is -2.24. The van der Waals surface area contributed by atoms with E-state index in [-0.39, 0.29) is 0 Å². The standard InChI is InChI=1S/C14H18OSi/c1-16(2,3)15-11-13-9-6-8-12-7-4-5-10-14(12)13/h4-10H,11H2,1-3H3. The van der Waals surface area contributed by atoms with Crippen molar-refractivity contribution < 1.29 is 4.43 Å². The Hall–Kier alpha value is -1.12. The van der Waals surface area contributed by atoms with Crippen LogP contribution in [0, 0.1) is 0 Å². The van der Waals surface area contributed by atoms with Crippen molar-refractivity contribution in [2.24, 2.45) is 0 Å². The highest BCUT2D eigenvalue weighted by Gasteiger charge is 2.14. The first-order valence-electron chi connectivity index (χ1n) is 5.67. The number of hydrogen-bond acceptors (Lipinski definition) is 1. The molecule has 1 nitrogen and oxygen atoms in total. The molecule has 2 heteroatoms. The van der Waals surface area contributed by atoms with Gasteiger partial charge in [0.1, 0.15) is 0 Å². The van der Waals surface area contributed by atoms with E-state index < -0.39 is 8.32 Å². The van der Waals surface area contributed by atoms with Crippen LogP contribution in [0.25, 0.3) is 10.8 Å². The third-order valence-corrected chi connectivity index (χ3v) is 3.55. The van der Waals surface area contributed by atoms with E-state index in [0.717, 1.165) is 6.61 Å². The Bertz CT molecular complexity index is 480. The first-order chi connectivity index (χ1) is 7.56. The number of hydrogen-bond donors (Lipinski definition) is 0. The van der Waals surface area contributed by atoms with Gasteiger partial charge in [-0.1, -0.05) is 42.5 Å². The minimum Gasteiger partial charge on any atom is -0.413 e. The van der Waals surface area contributed by atoms with E-state index in [4.69, 9.17) is 4.43 Å². The predicted molar refractivity (Wildman–Crippen MR) is 72.1 cm³/mol. The van der Waals surface area contributed by atoms with Crippen molar-refractivity contribution in [2.75, 3.05) is 0 Å². The second-order valence-electron chi connectivity index (χ2n) is 5.04. The van der Waals surface area contributed by atoms with Crippen LogP contribution in [0.15, 0.2) is 42.5 Å². The monoisotopic (exact) mass is 230 g/mol. The van der Waals surface area contributed by atoms with Gasteiger partial charge in [-0.15, -0.1) is 0 Å². The van der Waals surface area contributed by atoms with Gasteiger partial charge >= 0.3 is 0 Å². The van der Waals surface area contributed by atoms with Crippen molar-refractivity contribution >= 4 is 19.1 Å². The van der Waals surface area contributed by atoms with Crippen molar-refractivity contribution in [3.8, 4) is 0 Å². The number of benzene rings is 2. The molecule has 0 spiro atoms. The third-order valence-electron chi connectivity index (χ3n) is 2.54. The summed E-state index contributed by atoms with van der Waals surface area (Å²) in [5, 5.41) is 2.60. The molecule has 0 unspecified atom stereocenters. The highest BCUT2D eigenvalue weighted by Crippen LogP contribution is 2.20. The van der Waals surface area contributed by atoms with Gasteiger partial charge in [-0.2, -0.15) is 0 Å². The van der Waals surface area contributed by atoms with Crippen LogP contribution in [0.5, 0.6) is 0 Å². The molecule has 2 aromatic carbocycles. The molecule has 0 bridgehead atoms. The summed E-state index contributed by atoms with van der Waals surface area (Å²) >= 11 is 0. The van der Waals surface area contributed by atoms with E-state index in [9.17, 15) is 0 Å². The van der Waals surface area contributed by atoms with Crippen LogP contribution in [-0.2, 0) is 11.0 Å². The van der Waals surface area contributed by atoms with E-state index in [1.54, 1.807) is 0 Å². The number of rotatable bonds is 3. The summed E-state index contributed by atoms with van der Waals surface area (Å²) in [6.07, 6.45) is 0. The summed E-state index contributed by atoms with van der Waals surface area (Å²) in [5.41, 5.74) is 1.29. The summed E-state index contributed by atoms with van der Waals surface area (Å²) < 4.78 is 5.96. The van der Waals surface area contributed by atoms with Gasteiger partial charge in [0, 0.05) is 0 Å². The van der Waals surface area contributed by atoms with Gasteiger partial charge in [0.2, 0.25) is 0 Å². The zero-order valence-corrected chi connectivity index (χ0v) is 11.2. The van der Waals surface area contributed by atoms with Crippen LogP contribution in [0.1, 0.15) is 5.56 Å². The fourth-order valence-electron chi connectivity index (χ4n) is 1.71. The maximum atomic E-state index is 5.96.